The van der Waals surface area contributed by atoms with Crippen LogP contribution in [0.15, 0.2) is 24.3 Å². The molecule has 4 heteroatoms. The molecule has 1 fully saturated rings. The zero-order valence-electron chi connectivity index (χ0n) is 10.9. The average Bonchev–Trinajstić information content (AvgIpc) is 2.83. The number of carbonyl (C=O) groups is 2. The van der Waals surface area contributed by atoms with Gasteiger partial charge in [-0.25, -0.2) is 4.79 Å². The first-order valence-corrected chi connectivity index (χ1v) is 6.94. The van der Waals surface area contributed by atoms with E-state index in [1.165, 1.54) is 16.0 Å². The second kappa shape index (κ2) is 5.03. The number of hydrogen-bond acceptors (Lipinski definition) is 2. The molecule has 0 radical (unpaired) electrons. The summed E-state index contributed by atoms with van der Waals surface area (Å²) in [5.74, 6) is -0.0463. The van der Waals surface area contributed by atoms with Gasteiger partial charge in [0.05, 0.1) is 6.04 Å². The minimum atomic E-state index is -0.230. The van der Waals surface area contributed by atoms with Crippen LogP contribution in [-0.2, 0) is 11.2 Å². The normalized spacial score (nSPS) is 22.2. The van der Waals surface area contributed by atoms with Crippen molar-refractivity contribution in [2.45, 2.75) is 38.1 Å². The van der Waals surface area contributed by atoms with E-state index in [2.05, 4.69) is 17.4 Å². The van der Waals surface area contributed by atoms with Crippen molar-refractivity contribution in [1.82, 2.24) is 10.2 Å². The number of urea groups is 1. The van der Waals surface area contributed by atoms with Crippen LogP contribution in [0.1, 0.15) is 42.9 Å². The molecule has 3 rings (SSSR count). The molecule has 2 aliphatic rings. The van der Waals surface area contributed by atoms with Crippen molar-refractivity contribution in [3.05, 3.63) is 35.4 Å². The number of hydrogen-bond donors (Lipinski definition) is 1. The highest BCUT2D eigenvalue weighted by molar-refractivity contribution is 5.95. The van der Waals surface area contributed by atoms with E-state index in [-0.39, 0.29) is 18.0 Å². The fourth-order valence-corrected chi connectivity index (χ4v) is 2.95. The third kappa shape index (κ3) is 2.35. The number of nitrogens with one attached hydrogen (secondary N) is 1. The van der Waals surface area contributed by atoms with Gasteiger partial charge in [0, 0.05) is 13.0 Å². The molecule has 1 unspecified atom stereocenters. The van der Waals surface area contributed by atoms with Gasteiger partial charge >= 0.3 is 6.03 Å². The van der Waals surface area contributed by atoms with Crippen LogP contribution in [0, 0.1) is 0 Å². The zero-order valence-corrected chi connectivity index (χ0v) is 10.9. The summed E-state index contributed by atoms with van der Waals surface area (Å²) in [6, 6.07) is 8.01. The number of aryl methyl sites for hydroxylation is 1. The number of imide groups is 1. The van der Waals surface area contributed by atoms with Crippen molar-refractivity contribution < 1.29 is 9.59 Å². The summed E-state index contributed by atoms with van der Waals surface area (Å²) in [6.07, 6.45) is 4.23. The summed E-state index contributed by atoms with van der Waals surface area (Å²) >= 11 is 0. The van der Waals surface area contributed by atoms with E-state index in [0.717, 1.165) is 25.7 Å². The lowest BCUT2D eigenvalue weighted by Gasteiger charge is -2.26. The molecule has 19 heavy (non-hydrogen) atoms. The molecule has 1 aromatic rings. The topological polar surface area (TPSA) is 49.4 Å². The van der Waals surface area contributed by atoms with Crippen molar-refractivity contribution in [2.24, 2.45) is 0 Å². The second-order valence-corrected chi connectivity index (χ2v) is 5.24. The summed E-state index contributed by atoms with van der Waals surface area (Å²) in [5, 5.41) is 3.00. The number of likely N-dealkylation sites (tertiary alicyclic amines) is 1. The first kappa shape index (κ1) is 12.2. The standard InChI is InChI=1S/C15H18N2O2/c18-14-7-3-4-10-17(14)15(19)16-13-9-8-11-5-1-2-6-12(11)13/h1-2,5-6,13H,3-4,7-10H2,(H,16,19). The van der Waals surface area contributed by atoms with Crippen molar-refractivity contribution in [3.8, 4) is 0 Å². The smallest absolute Gasteiger partial charge is 0.324 e. The number of rotatable bonds is 1. The molecule has 100 valence electrons. The van der Waals surface area contributed by atoms with Gasteiger partial charge in [0.25, 0.3) is 0 Å². The maximum atomic E-state index is 12.2. The fraction of sp³-hybridized carbons (Fsp3) is 0.467. The molecule has 0 saturated carbocycles. The van der Waals surface area contributed by atoms with E-state index in [0.29, 0.717) is 13.0 Å². The van der Waals surface area contributed by atoms with Gasteiger partial charge in [-0.1, -0.05) is 24.3 Å². The molecule has 0 spiro atoms. The largest absolute Gasteiger partial charge is 0.331 e. The molecule has 3 amide bonds. The quantitative estimate of drug-likeness (QED) is 0.841. The highest BCUT2D eigenvalue weighted by atomic mass is 16.2. The molecule has 1 atom stereocenters. The number of amides is 3. The SMILES string of the molecule is O=C1CCCCN1C(=O)NC1CCc2ccccc21. The molecule has 1 aromatic carbocycles. The third-order valence-corrected chi connectivity index (χ3v) is 4.00. The Hall–Kier alpha value is -1.84. The molecule has 1 N–H and O–H groups in total. The van der Waals surface area contributed by atoms with Crippen LogP contribution >= 0.6 is 0 Å². The summed E-state index contributed by atoms with van der Waals surface area (Å²) in [4.78, 5) is 25.3. The first-order valence-electron chi connectivity index (χ1n) is 6.94. The molecule has 4 nitrogen and oxygen atoms in total. The molecular weight excluding hydrogens is 240 g/mol. The van der Waals surface area contributed by atoms with Crippen molar-refractivity contribution >= 4 is 11.9 Å². The third-order valence-electron chi connectivity index (χ3n) is 4.00. The van der Waals surface area contributed by atoms with Crippen LogP contribution in [0.2, 0.25) is 0 Å². The summed E-state index contributed by atoms with van der Waals surface area (Å²) < 4.78 is 0. The number of nitrogens with zero attached hydrogens (tertiary/aromatic N) is 1. The molecule has 1 aliphatic carbocycles. The Kier molecular flexibility index (Phi) is 3.23. The molecule has 0 bridgehead atoms. The fourth-order valence-electron chi connectivity index (χ4n) is 2.95. The van der Waals surface area contributed by atoms with E-state index < -0.39 is 0 Å². The molecule has 1 heterocycles. The van der Waals surface area contributed by atoms with Crippen molar-refractivity contribution in [3.63, 3.8) is 0 Å². The zero-order chi connectivity index (χ0) is 13.2. The van der Waals surface area contributed by atoms with Crippen LogP contribution in [0.3, 0.4) is 0 Å². The summed E-state index contributed by atoms with van der Waals surface area (Å²) in [5.41, 5.74) is 2.50. The maximum absolute atomic E-state index is 12.2. The molecule has 1 saturated heterocycles. The Labute approximate surface area is 112 Å². The van der Waals surface area contributed by atoms with Crippen LogP contribution < -0.4 is 5.32 Å². The predicted octanol–water partition coefficient (Wildman–Crippen LogP) is 2.40. The van der Waals surface area contributed by atoms with Crippen LogP contribution in [0.4, 0.5) is 4.79 Å². The van der Waals surface area contributed by atoms with Crippen LogP contribution in [0.5, 0.6) is 0 Å². The van der Waals surface area contributed by atoms with Gasteiger partial charge in [-0.2, -0.15) is 0 Å². The van der Waals surface area contributed by atoms with Crippen LogP contribution in [-0.4, -0.2) is 23.4 Å². The number of piperidine rings is 1. The lowest BCUT2D eigenvalue weighted by Crippen LogP contribution is -2.46. The Morgan fingerprint density at radius 2 is 2.05 bits per heavy atom. The number of carbonyl (C=O) groups excluding carboxylic acids is 2. The molecule has 0 aromatic heterocycles. The Bertz CT molecular complexity index is 513. The van der Waals surface area contributed by atoms with Gasteiger partial charge in [-0.15, -0.1) is 0 Å². The van der Waals surface area contributed by atoms with Gasteiger partial charge in [-0.05, 0) is 36.8 Å². The Balaban J connectivity index is 1.69. The van der Waals surface area contributed by atoms with Crippen molar-refractivity contribution in [2.75, 3.05) is 6.54 Å². The Morgan fingerprint density at radius 3 is 2.89 bits per heavy atom. The minimum Gasteiger partial charge on any atom is -0.331 e. The highest BCUT2D eigenvalue weighted by Crippen LogP contribution is 2.30. The highest BCUT2D eigenvalue weighted by Gasteiger charge is 2.29. The van der Waals surface area contributed by atoms with Crippen molar-refractivity contribution in [1.29, 1.82) is 0 Å². The number of benzene rings is 1. The first-order chi connectivity index (χ1) is 9.25. The van der Waals surface area contributed by atoms with Gasteiger partial charge < -0.3 is 5.32 Å². The van der Waals surface area contributed by atoms with Gasteiger partial charge in [0.2, 0.25) is 5.91 Å². The van der Waals surface area contributed by atoms with Gasteiger partial charge in [-0.3, -0.25) is 9.69 Å². The molecular formula is C15H18N2O2. The monoisotopic (exact) mass is 258 g/mol. The van der Waals surface area contributed by atoms with Gasteiger partial charge in [0.1, 0.15) is 0 Å². The van der Waals surface area contributed by atoms with E-state index in [4.69, 9.17) is 0 Å². The van der Waals surface area contributed by atoms with E-state index in [1.54, 1.807) is 0 Å². The summed E-state index contributed by atoms with van der Waals surface area (Å²) in [7, 11) is 0. The Morgan fingerprint density at radius 1 is 1.21 bits per heavy atom. The lowest BCUT2D eigenvalue weighted by molar-refractivity contribution is -0.130. The second-order valence-electron chi connectivity index (χ2n) is 5.24. The minimum absolute atomic E-state index is 0.0463. The van der Waals surface area contributed by atoms with E-state index in [1.807, 2.05) is 12.1 Å². The van der Waals surface area contributed by atoms with E-state index in [9.17, 15) is 9.59 Å². The number of fused-ring (bicyclic) bond motifs is 1. The predicted molar refractivity (Wildman–Crippen MR) is 71.6 cm³/mol. The average molecular weight is 258 g/mol. The maximum Gasteiger partial charge on any atom is 0.324 e. The van der Waals surface area contributed by atoms with Gasteiger partial charge in [0.15, 0.2) is 0 Å². The van der Waals surface area contributed by atoms with Crippen LogP contribution in [0.25, 0.3) is 0 Å². The van der Waals surface area contributed by atoms with E-state index >= 15 is 0 Å². The summed E-state index contributed by atoms with van der Waals surface area (Å²) in [6.45, 7) is 0.555. The lowest BCUT2D eigenvalue weighted by atomic mass is 10.1. The molecule has 1 aliphatic heterocycles.